The number of amides is 1. The Morgan fingerprint density at radius 1 is 1.25 bits per heavy atom. The Bertz CT molecular complexity index is 895. The number of nitro groups is 1. The van der Waals surface area contributed by atoms with Crippen molar-refractivity contribution in [1.29, 1.82) is 0 Å². The Morgan fingerprint density at radius 2 is 1.96 bits per heavy atom. The maximum absolute atomic E-state index is 12.5. The molecule has 0 aromatic heterocycles. The van der Waals surface area contributed by atoms with Gasteiger partial charge in [-0.05, 0) is 49.1 Å². The molecule has 148 valence electrons. The first-order valence-electron chi connectivity index (χ1n) is 9.07. The van der Waals surface area contributed by atoms with E-state index in [1.807, 2.05) is 6.07 Å². The normalized spacial score (nSPS) is 14.6. The van der Waals surface area contributed by atoms with Crippen molar-refractivity contribution in [3.8, 4) is 5.75 Å². The van der Waals surface area contributed by atoms with Crippen LogP contribution in [-0.4, -0.2) is 31.0 Å². The van der Waals surface area contributed by atoms with Gasteiger partial charge >= 0.3 is 5.69 Å². The topological polar surface area (TPSA) is 84.7 Å². The van der Waals surface area contributed by atoms with Gasteiger partial charge in [0, 0.05) is 30.4 Å². The lowest BCUT2D eigenvalue weighted by Gasteiger charge is -2.32. The highest BCUT2D eigenvalue weighted by Crippen LogP contribution is 2.32. The van der Waals surface area contributed by atoms with Crippen molar-refractivity contribution in [3.05, 3.63) is 57.1 Å². The summed E-state index contributed by atoms with van der Waals surface area (Å²) < 4.78 is 4.96. The second-order valence-electron chi connectivity index (χ2n) is 6.93. The summed E-state index contributed by atoms with van der Waals surface area (Å²) in [4.78, 5) is 25.3. The number of nitrogens with zero attached hydrogens (tertiary/aromatic N) is 2. The zero-order valence-electron chi connectivity index (χ0n) is 15.8. The van der Waals surface area contributed by atoms with Crippen LogP contribution in [-0.2, 0) is 0 Å². The second-order valence-corrected chi connectivity index (χ2v) is 7.34. The maximum Gasteiger partial charge on any atom is 0.311 e. The molecule has 28 heavy (non-hydrogen) atoms. The average Bonchev–Trinajstić information content (AvgIpc) is 2.68. The molecule has 3 rings (SSSR count). The third kappa shape index (κ3) is 4.36. The summed E-state index contributed by atoms with van der Waals surface area (Å²) in [6.07, 6.45) is 2.26. The molecule has 0 unspecified atom stereocenters. The predicted molar refractivity (Wildman–Crippen MR) is 110 cm³/mol. The van der Waals surface area contributed by atoms with Crippen molar-refractivity contribution < 1.29 is 14.5 Å². The molecule has 7 nitrogen and oxygen atoms in total. The number of rotatable bonds is 5. The van der Waals surface area contributed by atoms with Crippen LogP contribution in [0.25, 0.3) is 0 Å². The van der Waals surface area contributed by atoms with E-state index in [4.69, 9.17) is 16.3 Å². The Labute approximate surface area is 168 Å². The molecular formula is C20H22ClN3O4. The summed E-state index contributed by atoms with van der Waals surface area (Å²) >= 11 is 6.44. The number of benzene rings is 2. The largest absolute Gasteiger partial charge is 0.490 e. The highest BCUT2D eigenvalue weighted by molar-refractivity contribution is 6.33. The average molecular weight is 404 g/mol. The summed E-state index contributed by atoms with van der Waals surface area (Å²) in [5, 5.41) is 14.4. The number of piperidine rings is 1. The fourth-order valence-electron chi connectivity index (χ4n) is 3.27. The van der Waals surface area contributed by atoms with Crippen molar-refractivity contribution in [2.75, 3.05) is 30.4 Å². The highest BCUT2D eigenvalue weighted by atomic mass is 35.5. The summed E-state index contributed by atoms with van der Waals surface area (Å²) in [5.41, 5.74) is 1.38. The van der Waals surface area contributed by atoms with E-state index in [0.29, 0.717) is 10.7 Å². The van der Waals surface area contributed by atoms with Gasteiger partial charge in [0.1, 0.15) is 0 Å². The number of hydrogen-bond acceptors (Lipinski definition) is 5. The third-order valence-corrected chi connectivity index (χ3v) is 5.27. The molecule has 2 aromatic rings. The Balaban J connectivity index is 1.75. The fourth-order valence-corrected chi connectivity index (χ4v) is 3.57. The fraction of sp³-hybridized carbons (Fsp3) is 0.350. The van der Waals surface area contributed by atoms with Gasteiger partial charge in [0.25, 0.3) is 5.91 Å². The van der Waals surface area contributed by atoms with E-state index >= 15 is 0 Å². The zero-order chi connectivity index (χ0) is 20.3. The molecule has 1 aliphatic heterocycles. The Kier molecular flexibility index (Phi) is 6.04. The molecule has 0 aliphatic carbocycles. The van der Waals surface area contributed by atoms with Crippen molar-refractivity contribution >= 4 is 34.6 Å². The molecule has 1 heterocycles. The SMILES string of the molecule is COc1ccc(C(=O)Nc2ccc(N3CCC(C)CC3)c(Cl)c2)cc1[N+](=O)[O-]. The van der Waals surface area contributed by atoms with Crippen molar-refractivity contribution in [1.82, 2.24) is 0 Å². The third-order valence-electron chi connectivity index (χ3n) is 4.97. The monoisotopic (exact) mass is 403 g/mol. The lowest BCUT2D eigenvalue weighted by atomic mass is 9.99. The van der Waals surface area contributed by atoms with Crippen LogP contribution in [0.1, 0.15) is 30.1 Å². The van der Waals surface area contributed by atoms with E-state index in [1.165, 1.54) is 25.3 Å². The standard InChI is InChI=1S/C20H22ClN3O4/c1-13-7-9-23(10-8-13)17-5-4-15(12-16(17)21)22-20(25)14-3-6-19(28-2)18(11-14)24(26)27/h3-6,11-13H,7-10H2,1-2H3,(H,22,25). The van der Waals surface area contributed by atoms with Crippen LogP contribution in [0.4, 0.5) is 17.1 Å². The van der Waals surface area contributed by atoms with Gasteiger partial charge in [-0.3, -0.25) is 14.9 Å². The molecule has 1 saturated heterocycles. The molecular weight excluding hydrogens is 382 g/mol. The number of nitro benzene ring substituents is 1. The molecule has 1 aliphatic rings. The number of methoxy groups -OCH3 is 1. The number of hydrogen-bond donors (Lipinski definition) is 1. The minimum Gasteiger partial charge on any atom is -0.490 e. The van der Waals surface area contributed by atoms with E-state index in [1.54, 1.807) is 12.1 Å². The lowest BCUT2D eigenvalue weighted by molar-refractivity contribution is -0.385. The van der Waals surface area contributed by atoms with E-state index < -0.39 is 10.8 Å². The second kappa shape index (κ2) is 8.48. The van der Waals surface area contributed by atoms with Crippen LogP contribution in [0.5, 0.6) is 5.75 Å². The van der Waals surface area contributed by atoms with Gasteiger partial charge in [0.15, 0.2) is 5.75 Å². The number of carbonyl (C=O) groups excluding carboxylic acids is 1. The number of nitrogens with one attached hydrogen (secondary N) is 1. The van der Waals surface area contributed by atoms with Gasteiger partial charge in [0.2, 0.25) is 0 Å². The maximum atomic E-state index is 12.5. The molecule has 1 amide bonds. The van der Waals surface area contributed by atoms with Crippen LogP contribution < -0.4 is 15.0 Å². The van der Waals surface area contributed by atoms with E-state index in [9.17, 15) is 14.9 Å². The number of carbonyl (C=O) groups is 1. The molecule has 0 spiro atoms. The summed E-state index contributed by atoms with van der Waals surface area (Å²) in [6, 6.07) is 9.45. The smallest absolute Gasteiger partial charge is 0.311 e. The first-order chi connectivity index (χ1) is 13.4. The number of anilines is 2. The van der Waals surface area contributed by atoms with Crippen LogP contribution in [0.3, 0.4) is 0 Å². The molecule has 0 bridgehead atoms. The molecule has 0 radical (unpaired) electrons. The van der Waals surface area contributed by atoms with Crippen LogP contribution in [0.15, 0.2) is 36.4 Å². The Hall–Kier alpha value is -2.80. The van der Waals surface area contributed by atoms with Crippen molar-refractivity contribution in [2.45, 2.75) is 19.8 Å². The number of ether oxygens (including phenoxy) is 1. The minimum atomic E-state index is -0.583. The molecule has 1 N–H and O–H groups in total. The summed E-state index contributed by atoms with van der Waals surface area (Å²) in [5.74, 6) is 0.369. The molecule has 2 aromatic carbocycles. The van der Waals surface area contributed by atoms with E-state index in [0.717, 1.165) is 37.5 Å². The quantitative estimate of drug-likeness (QED) is 0.575. The molecule has 1 fully saturated rings. The van der Waals surface area contributed by atoms with Gasteiger partial charge in [-0.1, -0.05) is 18.5 Å². The zero-order valence-corrected chi connectivity index (χ0v) is 16.5. The van der Waals surface area contributed by atoms with Gasteiger partial charge in [-0.25, -0.2) is 0 Å². The summed E-state index contributed by atoms with van der Waals surface area (Å²) in [6.45, 7) is 4.17. The van der Waals surface area contributed by atoms with Crippen molar-refractivity contribution in [3.63, 3.8) is 0 Å². The van der Waals surface area contributed by atoms with E-state index in [2.05, 4.69) is 17.1 Å². The van der Waals surface area contributed by atoms with Crippen LogP contribution in [0, 0.1) is 16.0 Å². The first-order valence-corrected chi connectivity index (χ1v) is 9.45. The Morgan fingerprint density at radius 3 is 2.57 bits per heavy atom. The van der Waals surface area contributed by atoms with E-state index in [-0.39, 0.29) is 17.0 Å². The van der Waals surface area contributed by atoms with Gasteiger partial charge < -0.3 is 15.0 Å². The van der Waals surface area contributed by atoms with Gasteiger partial charge in [0.05, 0.1) is 22.7 Å². The predicted octanol–water partition coefficient (Wildman–Crippen LogP) is 4.75. The summed E-state index contributed by atoms with van der Waals surface area (Å²) in [7, 11) is 1.34. The number of halogens is 1. The minimum absolute atomic E-state index is 0.102. The lowest BCUT2D eigenvalue weighted by Crippen LogP contribution is -2.32. The molecule has 8 heteroatoms. The first kappa shape index (κ1) is 19.9. The van der Waals surface area contributed by atoms with Crippen LogP contribution >= 0.6 is 11.6 Å². The van der Waals surface area contributed by atoms with Crippen molar-refractivity contribution in [2.24, 2.45) is 5.92 Å². The molecule has 0 saturated carbocycles. The molecule has 0 atom stereocenters. The van der Waals surface area contributed by atoms with Gasteiger partial charge in [-0.15, -0.1) is 0 Å². The van der Waals surface area contributed by atoms with Crippen LogP contribution in [0.2, 0.25) is 5.02 Å². The highest BCUT2D eigenvalue weighted by Gasteiger charge is 2.20. The van der Waals surface area contributed by atoms with Gasteiger partial charge in [-0.2, -0.15) is 0 Å².